The van der Waals surface area contributed by atoms with E-state index in [-0.39, 0.29) is 5.02 Å². The van der Waals surface area contributed by atoms with Crippen LogP contribution in [-0.2, 0) is 6.42 Å². The van der Waals surface area contributed by atoms with Gasteiger partial charge in [-0.15, -0.1) is 11.3 Å². The van der Waals surface area contributed by atoms with Crippen LogP contribution in [0.25, 0.3) is 10.4 Å². The zero-order valence-corrected chi connectivity index (χ0v) is 11.2. The molecule has 0 saturated heterocycles. The van der Waals surface area contributed by atoms with Gasteiger partial charge in [0, 0.05) is 10.4 Å². The zero-order valence-electron chi connectivity index (χ0n) is 9.63. The first kappa shape index (κ1) is 12.9. The maximum Gasteiger partial charge on any atom is 0.142 e. The van der Waals surface area contributed by atoms with E-state index >= 15 is 0 Å². The normalized spacial score (nSPS) is 10.3. The fourth-order valence-corrected chi connectivity index (χ4v) is 3.23. The van der Waals surface area contributed by atoms with E-state index < -0.39 is 5.82 Å². The van der Waals surface area contributed by atoms with E-state index in [0.717, 1.165) is 10.4 Å². The maximum absolute atomic E-state index is 13.5. The summed E-state index contributed by atoms with van der Waals surface area (Å²) in [6.45, 7) is 1.94. The van der Waals surface area contributed by atoms with Crippen molar-refractivity contribution in [2.45, 2.75) is 13.3 Å². The Kier molecular flexibility index (Phi) is 3.55. The van der Waals surface area contributed by atoms with Crippen molar-refractivity contribution < 1.29 is 4.39 Å². The molecule has 0 aliphatic heterocycles. The lowest BCUT2D eigenvalue weighted by atomic mass is 10.1. The summed E-state index contributed by atoms with van der Waals surface area (Å²) < 4.78 is 13.5. The third-order valence-corrected chi connectivity index (χ3v) is 4.27. The minimum Gasteiger partial charge on any atom is -0.397 e. The molecule has 0 radical (unpaired) electrons. The number of hydrogen-bond acceptors (Lipinski definition) is 3. The van der Waals surface area contributed by atoms with Gasteiger partial charge in [0.05, 0.1) is 10.7 Å². The summed E-state index contributed by atoms with van der Waals surface area (Å²) in [4.78, 5) is 1.22. The highest BCUT2D eigenvalue weighted by Gasteiger charge is 2.18. The summed E-state index contributed by atoms with van der Waals surface area (Å²) in [5.41, 5.74) is 7.81. The van der Waals surface area contributed by atoms with Crippen LogP contribution in [0.1, 0.15) is 17.4 Å². The van der Waals surface area contributed by atoms with Crippen molar-refractivity contribution in [2.75, 3.05) is 5.73 Å². The van der Waals surface area contributed by atoms with Crippen molar-refractivity contribution in [3.8, 4) is 16.5 Å². The summed E-state index contributed by atoms with van der Waals surface area (Å²) in [7, 11) is 0. The quantitative estimate of drug-likeness (QED) is 0.895. The molecule has 0 saturated carbocycles. The number of nitrogen functional groups attached to an aromatic ring is 1. The number of benzene rings is 1. The molecule has 0 fully saturated rings. The number of thiophene rings is 1. The van der Waals surface area contributed by atoms with Crippen LogP contribution in [0.4, 0.5) is 10.1 Å². The molecule has 0 unspecified atom stereocenters. The second-order valence-electron chi connectivity index (χ2n) is 3.72. The van der Waals surface area contributed by atoms with E-state index in [2.05, 4.69) is 6.07 Å². The van der Waals surface area contributed by atoms with Crippen molar-refractivity contribution in [3.63, 3.8) is 0 Å². The fourth-order valence-electron chi connectivity index (χ4n) is 1.81. The van der Waals surface area contributed by atoms with Crippen LogP contribution in [0.3, 0.4) is 0 Å². The molecule has 2 nitrogen and oxygen atoms in total. The highest BCUT2D eigenvalue weighted by Crippen LogP contribution is 2.41. The molecule has 0 spiro atoms. The van der Waals surface area contributed by atoms with Crippen LogP contribution in [0.2, 0.25) is 5.02 Å². The molecule has 0 amide bonds. The Labute approximate surface area is 113 Å². The number of nitriles is 1. The molecule has 1 aromatic carbocycles. The molecule has 1 heterocycles. The number of hydrogen-bond donors (Lipinski definition) is 1. The van der Waals surface area contributed by atoms with Crippen molar-refractivity contribution in [1.29, 1.82) is 5.26 Å². The molecule has 92 valence electrons. The third kappa shape index (κ3) is 1.96. The highest BCUT2D eigenvalue weighted by atomic mass is 35.5. The number of anilines is 1. The number of nitrogens with zero attached hydrogens (tertiary/aromatic N) is 1. The SMILES string of the molecule is CCc1c(-c2cccc(F)c2Cl)sc(C#N)c1N. The number of nitrogens with two attached hydrogens (primary N) is 1. The summed E-state index contributed by atoms with van der Waals surface area (Å²) in [6.07, 6.45) is 0.673. The van der Waals surface area contributed by atoms with E-state index in [1.165, 1.54) is 17.4 Å². The molecule has 0 aliphatic carbocycles. The molecule has 2 N–H and O–H groups in total. The van der Waals surface area contributed by atoms with Gasteiger partial charge in [-0.2, -0.15) is 5.26 Å². The zero-order chi connectivity index (χ0) is 13.3. The van der Waals surface area contributed by atoms with Crippen molar-refractivity contribution >= 4 is 28.6 Å². The van der Waals surface area contributed by atoms with Gasteiger partial charge < -0.3 is 5.73 Å². The molecule has 1 aromatic heterocycles. The van der Waals surface area contributed by atoms with Crippen LogP contribution in [0.5, 0.6) is 0 Å². The molecule has 5 heteroatoms. The summed E-state index contributed by atoms with van der Waals surface area (Å²) >= 11 is 7.22. The lowest BCUT2D eigenvalue weighted by Gasteiger charge is -2.05. The minimum atomic E-state index is -0.471. The number of rotatable bonds is 2. The predicted octanol–water partition coefficient (Wildman–Crippen LogP) is 4.22. The van der Waals surface area contributed by atoms with Gasteiger partial charge in [0.15, 0.2) is 0 Å². The van der Waals surface area contributed by atoms with Gasteiger partial charge in [-0.05, 0) is 18.1 Å². The van der Waals surface area contributed by atoms with E-state index in [1.54, 1.807) is 12.1 Å². The fraction of sp³-hybridized carbons (Fsp3) is 0.154. The molecule has 2 rings (SSSR count). The largest absolute Gasteiger partial charge is 0.397 e. The monoisotopic (exact) mass is 280 g/mol. The average Bonchev–Trinajstić information content (AvgIpc) is 2.69. The summed E-state index contributed by atoms with van der Waals surface area (Å²) in [5.74, 6) is -0.471. The molecule has 2 aromatic rings. The Balaban J connectivity index is 2.72. The minimum absolute atomic E-state index is 0.0675. The Hall–Kier alpha value is -1.57. The van der Waals surface area contributed by atoms with Crippen molar-refractivity contribution in [1.82, 2.24) is 0 Å². The lowest BCUT2D eigenvalue weighted by molar-refractivity contribution is 0.629. The van der Waals surface area contributed by atoms with Gasteiger partial charge in [0.1, 0.15) is 16.8 Å². The predicted molar refractivity (Wildman–Crippen MR) is 73.2 cm³/mol. The van der Waals surface area contributed by atoms with Crippen LogP contribution in [0, 0.1) is 17.1 Å². The Morgan fingerprint density at radius 2 is 2.22 bits per heavy atom. The van der Waals surface area contributed by atoms with Gasteiger partial charge in [-0.3, -0.25) is 0 Å². The smallest absolute Gasteiger partial charge is 0.142 e. The van der Waals surface area contributed by atoms with Crippen molar-refractivity contribution in [3.05, 3.63) is 39.5 Å². The summed E-state index contributed by atoms with van der Waals surface area (Å²) in [5, 5.41) is 9.06. The van der Waals surface area contributed by atoms with E-state index in [4.69, 9.17) is 22.6 Å². The first-order chi connectivity index (χ1) is 8.60. The highest BCUT2D eigenvalue weighted by molar-refractivity contribution is 7.17. The molecule has 18 heavy (non-hydrogen) atoms. The van der Waals surface area contributed by atoms with Crippen LogP contribution >= 0.6 is 22.9 Å². The average molecular weight is 281 g/mol. The van der Waals surface area contributed by atoms with Gasteiger partial charge in [0.2, 0.25) is 0 Å². The summed E-state index contributed by atoms with van der Waals surface area (Å²) in [6, 6.07) is 6.68. The van der Waals surface area contributed by atoms with Crippen LogP contribution in [0.15, 0.2) is 18.2 Å². The lowest BCUT2D eigenvalue weighted by Crippen LogP contribution is -1.92. The van der Waals surface area contributed by atoms with E-state index in [1.807, 2.05) is 6.92 Å². The standard InChI is InChI=1S/C13H10ClFN2S/c1-2-7-12(17)10(6-16)18-13(7)8-4-3-5-9(15)11(8)14/h3-5H,2,17H2,1H3. The molecule has 0 atom stereocenters. The molecule has 0 bridgehead atoms. The second kappa shape index (κ2) is 4.97. The van der Waals surface area contributed by atoms with Crippen molar-refractivity contribution in [2.24, 2.45) is 0 Å². The molecule has 0 aliphatic rings. The number of halogens is 2. The topological polar surface area (TPSA) is 49.8 Å². The van der Waals surface area contributed by atoms with E-state index in [0.29, 0.717) is 22.5 Å². The van der Waals surface area contributed by atoms with Gasteiger partial charge >= 0.3 is 0 Å². The van der Waals surface area contributed by atoms with Gasteiger partial charge in [0.25, 0.3) is 0 Å². The van der Waals surface area contributed by atoms with Crippen LogP contribution in [-0.4, -0.2) is 0 Å². The van der Waals surface area contributed by atoms with Gasteiger partial charge in [-0.1, -0.05) is 30.7 Å². The molecular weight excluding hydrogens is 271 g/mol. The maximum atomic E-state index is 13.5. The first-order valence-electron chi connectivity index (χ1n) is 5.35. The Morgan fingerprint density at radius 1 is 1.50 bits per heavy atom. The Bertz CT molecular complexity index is 643. The molecular formula is C13H10ClFN2S. The Morgan fingerprint density at radius 3 is 2.83 bits per heavy atom. The third-order valence-electron chi connectivity index (χ3n) is 2.70. The van der Waals surface area contributed by atoms with E-state index in [9.17, 15) is 4.39 Å². The van der Waals surface area contributed by atoms with Crippen LogP contribution < -0.4 is 5.73 Å². The van der Waals surface area contributed by atoms with Gasteiger partial charge in [-0.25, -0.2) is 4.39 Å². The second-order valence-corrected chi connectivity index (χ2v) is 5.12. The first-order valence-corrected chi connectivity index (χ1v) is 6.55.